The molecule has 2 nitrogen and oxygen atoms in total. The Morgan fingerprint density at radius 2 is 2.07 bits per heavy atom. The van der Waals surface area contributed by atoms with Crippen LogP contribution in [0.1, 0.15) is 51.0 Å². The Bertz CT molecular complexity index is 366. The molecule has 1 fully saturated rings. The van der Waals surface area contributed by atoms with Gasteiger partial charge >= 0.3 is 5.92 Å². The molecule has 84 valence electrons. The van der Waals surface area contributed by atoms with Crippen LogP contribution in [-0.4, -0.2) is 5.16 Å². The van der Waals surface area contributed by atoms with Crippen LogP contribution in [-0.2, 0) is 5.92 Å². The largest absolute Gasteiger partial charge is 0.355 e. The molecule has 0 radical (unpaired) electrons. The molecular formula is C11H15F2NO. The second-order valence-electron chi connectivity index (χ2n) is 4.91. The Morgan fingerprint density at radius 3 is 2.47 bits per heavy atom. The van der Waals surface area contributed by atoms with E-state index in [-0.39, 0.29) is 11.7 Å². The van der Waals surface area contributed by atoms with Crippen LogP contribution >= 0.6 is 0 Å². The summed E-state index contributed by atoms with van der Waals surface area (Å²) in [6.07, 6.45) is 1.11. The Kier molecular flexibility index (Phi) is 2.14. The van der Waals surface area contributed by atoms with E-state index in [1.165, 1.54) is 6.07 Å². The van der Waals surface area contributed by atoms with Crippen molar-refractivity contribution in [1.29, 1.82) is 0 Å². The summed E-state index contributed by atoms with van der Waals surface area (Å²) in [4.78, 5) is 0. The fraction of sp³-hybridized carbons (Fsp3) is 0.727. The van der Waals surface area contributed by atoms with Crippen molar-refractivity contribution in [1.82, 2.24) is 5.16 Å². The second kappa shape index (κ2) is 3.03. The van der Waals surface area contributed by atoms with E-state index in [1.807, 2.05) is 13.8 Å². The third kappa shape index (κ3) is 1.56. The zero-order valence-corrected chi connectivity index (χ0v) is 9.18. The predicted molar refractivity (Wildman–Crippen MR) is 51.8 cm³/mol. The summed E-state index contributed by atoms with van der Waals surface area (Å²) >= 11 is 0. The third-order valence-electron chi connectivity index (χ3n) is 3.19. The summed E-state index contributed by atoms with van der Waals surface area (Å²) in [6.45, 7) is 5.39. The van der Waals surface area contributed by atoms with Crippen molar-refractivity contribution in [3.63, 3.8) is 0 Å². The fourth-order valence-electron chi connectivity index (χ4n) is 1.51. The average Bonchev–Trinajstić information content (AvgIpc) is 2.73. The summed E-state index contributed by atoms with van der Waals surface area (Å²) < 4.78 is 32.5. The maximum absolute atomic E-state index is 13.9. The van der Waals surface area contributed by atoms with Crippen molar-refractivity contribution in [2.75, 3.05) is 0 Å². The minimum absolute atomic E-state index is 0.116. The number of hydrogen-bond donors (Lipinski definition) is 0. The van der Waals surface area contributed by atoms with Crippen molar-refractivity contribution in [3.05, 3.63) is 17.5 Å². The summed E-state index contributed by atoms with van der Waals surface area (Å²) in [5, 5.41) is 3.67. The highest BCUT2D eigenvalue weighted by Crippen LogP contribution is 2.61. The first-order valence-electron chi connectivity index (χ1n) is 5.22. The lowest BCUT2D eigenvalue weighted by Gasteiger charge is -2.19. The van der Waals surface area contributed by atoms with Gasteiger partial charge in [0.1, 0.15) is 0 Å². The minimum atomic E-state index is -2.88. The van der Waals surface area contributed by atoms with Gasteiger partial charge in [0.15, 0.2) is 0 Å². The van der Waals surface area contributed by atoms with Gasteiger partial charge in [-0.15, -0.1) is 0 Å². The van der Waals surface area contributed by atoms with Gasteiger partial charge < -0.3 is 4.52 Å². The Morgan fingerprint density at radius 1 is 1.47 bits per heavy atom. The van der Waals surface area contributed by atoms with E-state index < -0.39 is 11.3 Å². The topological polar surface area (TPSA) is 26.0 Å². The second-order valence-corrected chi connectivity index (χ2v) is 4.91. The summed E-state index contributed by atoms with van der Waals surface area (Å²) in [5.74, 6) is -3.05. The van der Waals surface area contributed by atoms with Gasteiger partial charge in [0.2, 0.25) is 5.76 Å². The van der Waals surface area contributed by atoms with E-state index in [0.29, 0.717) is 18.5 Å². The molecule has 4 heteroatoms. The maximum Gasteiger partial charge on any atom is 0.312 e. The lowest BCUT2D eigenvalue weighted by molar-refractivity contribution is -0.0932. The molecule has 0 amide bonds. The molecule has 0 bridgehead atoms. The Hall–Kier alpha value is -0.930. The van der Waals surface area contributed by atoms with Crippen molar-refractivity contribution in [2.45, 2.75) is 45.5 Å². The average molecular weight is 215 g/mol. The van der Waals surface area contributed by atoms with E-state index in [2.05, 4.69) is 5.16 Å². The lowest BCUT2D eigenvalue weighted by Crippen LogP contribution is -2.24. The van der Waals surface area contributed by atoms with Crippen LogP contribution in [0.2, 0.25) is 0 Å². The lowest BCUT2D eigenvalue weighted by atomic mass is 9.97. The van der Waals surface area contributed by atoms with Crippen molar-refractivity contribution < 1.29 is 13.3 Å². The predicted octanol–water partition coefficient (Wildman–Crippen LogP) is 3.69. The van der Waals surface area contributed by atoms with Gasteiger partial charge in [-0.1, -0.05) is 25.9 Å². The Labute approximate surface area is 87.6 Å². The van der Waals surface area contributed by atoms with E-state index in [0.717, 1.165) is 0 Å². The standard InChI is InChI=1S/C11H15F2NO/c1-7(2)8-6-9(15-14-8)11(12,13)10(3)4-5-10/h6-7H,4-5H2,1-3H3. The summed E-state index contributed by atoms with van der Waals surface area (Å²) in [7, 11) is 0. The van der Waals surface area contributed by atoms with Crippen LogP contribution in [0.4, 0.5) is 8.78 Å². The summed E-state index contributed by atoms with van der Waals surface area (Å²) in [6, 6.07) is 1.38. The Balaban J connectivity index is 2.29. The van der Waals surface area contributed by atoms with Gasteiger partial charge in [0.05, 0.1) is 5.69 Å². The van der Waals surface area contributed by atoms with Crippen LogP contribution in [0.15, 0.2) is 10.6 Å². The number of alkyl halides is 2. The SMILES string of the molecule is CC(C)c1cc(C(F)(F)C2(C)CC2)on1. The van der Waals surface area contributed by atoms with Crippen LogP contribution in [0.25, 0.3) is 0 Å². The number of halogens is 2. The molecule has 0 spiro atoms. The maximum atomic E-state index is 13.9. The monoisotopic (exact) mass is 215 g/mol. The van der Waals surface area contributed by atoms with Crippen LogP contribution in [0, 0.1) is 5.41 Å². The van der Waals surface area contributed by atoms with Gasteiger partial charge in [0.25, 0.3) is 0 Å². The molecule has 0 unspecified atom stereocenters. The molecule has 0 N–H and O–H groups in total. The quantitative estimate of drug-likeness (QED) is 0.768. The van der Waals surface area contributed by atoms with Gasteiger partial charge in [-0.3, -0.25) is 0 Å². The van der Waals surface area contributed by atoms with Crippen molar-refractivity contribution >= 4 is 0 Å². The van der Waals surface area contributed by atoms with Crippen LogP contribution < -0.4 is 0 Å². The molecule has 0 atom stereocenters. The zero-order chi connectivity index (χ0) is 11.3. The molecule has 0 aromatic carbocycles. The van der Waals surface area contributed by atoms with E-state index in [1.54, 1.807) is 6.92 Å². The summed E-state index contributed by atoms with van der Waals surface area (Å²) in [5.41, 5.74) is -0.324. The molecule has 1 aromatic rings. The minimum Gasteiger partial charge on any atom is -0.355 e. The molecule has 2 rings (SSSR count). The molecule has 0 aliphatic heterocycles. The molecular weight excluding hydrogens is 200 g/mol. The normalized spacial score (nSPS) is 19.6. The van der Waals surface area contributed by atoms with Gasteiger partial charge in [0, 0.05) is 11.5 Å². The highest BCUT2D eigenvalue weighted by atomic mass is 19.3. The molecule has 1 aliphatic carbocycles. The van der Waals surface area contributed by atoms with E-state index in [9.17, 15) is 8.78 Å². The zero-order valence-electron chi connectivity index (χ0n) is 9.18. The molecule has 15 heavy (non-hydrogen) atoms. The molecule has 0 saturated heterocycles. The molecule has 1 aromatic heterocycles. The smallest absolute Gasteiger partial charge is 0.312 e. The first kappa shape index (κ1) is 10.6. The van der Waals surface area contributed by atoms with Gasteiger partial charge in [-0.05, 0) is 18.8 Å². The molecule has 1 saturated carbocycles. The first-order chi connectivity index (χ1) is 6.87. The molecule has 1 heterocycles. The van der Waals surface area contributed by atoms with Crippen LogP contribution in [0.5, 0.6) is 0 Å². The first-order valence-corrected chi connectivity index (χ1v) is 5.22. The van der Waals surface area contributed by atoms with E-state index in [4.69, 9.17) is 4.52 Å². The van der Waals surface area contributed by atoms with Gasteiger partial charge in [-0.25, -0.2) is 0 Å². The third-order valence-corrected chi connectivity index (χ3v) is 3.19. The van der Waals surface area contributed by atoms with Crippen molar-refractivity contribution in [2.24, 2.45) is 5.41 Å². The molecule has 1 aliphatic rings. The highest BCUT2D eigenvalue weighted by molar-refractivity contribution is 5.18. The van der Waals surface area contributed by atoms with Crippen molar-refractivity contribution in [3.8, 4) is 0 Å². The van der Waals surface area contributed by atoms with E-state index >= 15 is 0 Å². The number of rotatable bonds is 3. The fourth-order valence-corrected chi connectivity index (χ4v) is 1.51. The van der Waals surface area contributed by atoms with Gasteiger partial charge in [-0.2, -0.15) is 8.78 Å². The highest BCUT2D eigenvalue weighted by Gasteiger charge is 2.61. The number of hydrogen-bond acceptors (Lipinski definition) is 2. The number of nitrogens with zero attached hydrogens (tertiary/aromatic N) is 1. The number of aromatic nitrogens is 1. The van der Waals surface area contributed by atoms with Crippen LogP contribution in [0.3, 0.4) is 0 Å².